The summed E-state index contributed by atoms with van der Waals surface area (Å²) in [5.74, 6) is -0.890. The first-order chi connectivity index (χ1) is 10.5. The number of benzene rings is 2. The molecule has 0 aliphatic carbocycles. The van der Waals surface area contributed by atoms with Crippen molar-refractivity contribution >= 4 is 17.5 Å². The number of hydrogen-bond donors (Lipinski definition) is 2. The maximum atomic E-state index is 13.0. The maximum Gasteiger partial charge on any atom is 0.233 e. The van der Waals surface area contributed by atoms with Gasteiger partial charge in [-0.25, -0.2) is 4.39 Å². The Morgan fingerprint density at radius 1 is 1.14 bits per heavy atom. The first kappa shape index (κ1) is 15.5. The van der Waals surface area contributed by atoms with Crippen LogP contribution in [0.4, 0.5) is 10.1 Å². The quantitative estimate of drug-likeness (QED) is 0.803. The summed E-state index contributed by atoms with van der Waals surface area (Å²) in [6.45, 7) is 0.241. The highest BCUT2D eigenvalue weighted by Crippen LogP contribution is 2.17. The minimum atomic E-state index is -0.687. The number of amides is 2. The molecule has 2 amide bonds. The summed E-state index contributed by atoms with van der Waals surface area (Å²) in [5, 5.41) is 2.54. The average molecular weight is 302 g/mol. The van der Waals surface area contributed by atoms with Gasteiger partial charge in [0.1, 0.15) is 24.6 Å². The Kier molecular flexibility index (Phi) is 5.08. The molecule has 0 fully saturated rings. The van der Waals surface area contributed by atoms with Gasteiger partial charge in [-0.1, -0.05) is 12.1 Å². The second-order valence-electron chi connectivity index (χ2n) is 4.63. The molecule has 0 saturated carbocycles. The molecule has 6 heteroatoms. The standard InChI is InChI=1S/C16H15FN2O3/c17-12-3-1-2-11(8-12)10-22-14-6-4-13(5-7-14)19-16(21)9-15(18)20/h1-8H,9-10H2,(H2,18,20)(H,19,21). The second kappa shape index (κ2) is 7.21. The zero-order valence-electron chi connectivity index (χ0n) is 11.7. The van der Waals surface area contributed by atoms with E-state index in [1.54, 1.807) is 36.4 Å². The zero-order chi connectivity index (χ0) is 15.9. The van der Waals surface area contributed by atoms with Gasteiger partial charge in [-0.05, 0) is 42.0 Å². The van der Waals surface area contributed by atoms with Crippen LogP contribution in [0, 0.1) is 5.82 Å². The van der Waals surface area contributed by atoms with Crippen LogP contribution in [0.3, 0.4) is 0 Å². The van der Waals surface area contributed by atoms with Crippen LogP contribution < -0.4 is 15.8 Å². The molecular formula is C16H15FN2O3. The summed E-state index contributed by atoms with van der Waals surface area (Å²) >= 11 is 0. The summed E-state index contributed by atoms with van der Waals surface area (Å²) in [5.41, 5.74) is 6.18. The van der Waals surface area contributed by atoms with E-state index in [0.29, 0.717) is 11.4 Å². The first-order valence-electron chi connectivity index (χ1n) is 6.58. The molecule has 0 aromatic heterocycles. The highest BCUT2D eigenvalue weighted by atomic mass is 19.1. The Hall–Kier alpha value is -2.89. The van der Waals surface area contributed by atoms with Gasteiger partial charge in [0.15, 0.2) is 0 Å². The van der Waals surface area contributed by atoms with Gasteiger partial charge >= 0.3 is 0 Å². The fraction of sp³-hybridized carbons (Fsp3) is 0.125. The molecular weight excluding hydrogens is 287 g/mol. The molecule has 0 heterocycles. The van der Waals surface area contributed by atoms with Gasteiger partial charge in [0, 0.05) is 5.69 Å². The van der Waals surface area contributed by atoms with Gasteiger partial charge in [0.05, 0.1) is 0 Å². The zero-order valence-corrected chi connectivity index (χ0v) is 11.7. The fourth-order valence-electron chi connectivity index (χ4n) is 1.79. The lowest BCUT2D eigenvalue weighted by atomic mass is 10.2. The molecule has 22 heavy (non-hydrogen) atoms. The molecule has 0 atom stereocenters. The SMILES string of the molecule is NC(=O)CC(=O)Nc1ccc(OCc2cccc(F)c2)cc1. The molecule has 0 radical (unpaired) electrons. The number of carbonyl (C=O) groups is 2. The predicted octanol–water partition coefficient (Wildman–Crippen LogP) is 2.22. The molecule has 2 aromatic rings. The van der Waals surface area contributed by atoms with Crippen molar-refractivity contribution in [2.24, 2.45) is 5.73 Å². The molecule has 5 nitrogen and oxygen atoms in total. The number of ether oxygens (including phenoxy) is 1. The Bertz CT molecular complexity index is 671. The fourth-order valence-corrected chi connectivity index (χ4v) is 1.79. The molecule has 0 bridgehead atoms. The molecule has 2 rings (SSSR count). The molecule has 0 unspecified atom stereocenters. The van der Waals surface area contributed by atoms with Crippen molar-refractivity contribution in [3.05, 3.63) is 59.9 Å². The van der Waals surface area contributed by atoms with Crippen molar-refractivity contribution in [1.82, 2.24) is 0 Å². The van der Waals surface area contributed by atoms with Crippen LogP contribution >= 0.6 is 0 Å². The average Bonchev–Trinajstić information content (AvgIpc) is 2.46. The van der Waals surface area contributed by atoms with Gasteiger partial charge in [0.2, 0.25) is 11.8 Å². The van der Waals surface area contributed by atoms with E-state index < -0.39 is 11.8 Å². The van der Waals surface area contributed by atoms with Crippen LogP contribution in [0.1, 0.15) is 12.0 Å². The third-order valence-electron chi connectivity index (χ3n) is 2.77. The Morgan fingerprint density at radius 3 is 2.50 bits per heavy atom. The molecule has 2 aromatic carbocycles. The van der Waals surface area contributed by atoms with Crippen molar-refractivity contribution in [1.29, 1.82) is 0 Å². The van der Waals surface area contributed by atoms with Gasteiger partial charge in [-0.2, -0.15) is 0 Å². The van der Waals surface area contributed by atoms with Crippen LogP contribution in [0.25, 0.3) is 0 Å². The Labute approximate surface area is 126 Å². The van der Waals surface area contributed by atoms with E-state index in [1.807, 2.05) is 0 Å². The minimum Gasteiger partial charge on any atom is -0.489 e. The summed E-state index contributed by atoms with van der Waals surface area (Å²) in [7, 11) is 0. The van der Waals surface area contributed by atoms with Crippen molar-refractivity contribution in [2.75, 3.05) is 5.32 Å². The molecule has 0 saturated heterocycles. The first-order valence-corrected chi connectivity index (χ1v) is 6.58. The monoisotopic (exact) mass is 302 g/mol. The van der Waals surface area contributed by atoms with Gasteiger partial charge in [-0.3, -0.25) is 9.59 Å². The van der Waals surface area contributed by atoms with Crippen molar-refractivity contribution in [3.8, 4) is 5.75 Å². The highest BCUT2D eigenvalue weighted by molar-refractivity contribution is 6.03. The van der Waals surface area contributed by atoms with E-state index in [0.717, 1.165) is 5.56 Å². The lowest BCUT2D eigenvalue weighted by Crippen LogP contribution is -2.21. The van der Waals surface area contributed by atoms with Crippen LogP contribution in [0.15, 0.2) is 48.5 Å². The second-order valence-corrected chi connectivity index (χ2v) is 4.63. The molecule has 0 spiro atoms. The predicted molar refractivity (Wildman–Crippen MR) is 79.6 cm³/mol. The number of nitrogens with two attached hydrogens (primary N) is 1. The van der Waals surface area contributed by atoms with Crippen LogP contribution in [0.5, 0.6) is 5.75 Å². The van der Waals surface area contributed by atoms with Gasteiger partial charge < -0.3 is 15.8 Å². The van der Waals surface area contributed by atoms with Crippen LogP contribution in [-0.4, -0.2) is 11.8 Å². The number of hydrogen-bond acceptors (Lipinski definition) is 3. The number of anilines is 1. The number of halogens is 1. The van der Waals surface area contributed by atoms with E-state index >= 15 is 0 Å². The van der Waals surface area contributed by atoms with E-state index in [9.17, 15) is 14.0 Å². The van der Waals surface area contributed by atoms with E-state index in [1.165, 1.54) is 12.1 Å². The number of nitrogens with one attached hydrogen (secondary N) is 1. The smallest absolute Gasteiger partial charge is 0.233 e. The maximum absolute atomic E-state index is 13.0. The normalized spacial score (nSPS) is 10.0. The summed E-state index contributed by atoms with van der Waals surface area (Å²) in [4.78, 5) is 22.0. The minimum absolute atomic E-state index is 0.241. The van der Waals surface area contributed by atoms with Crippen LogP contribution in [-0.2, 0) is 16.2 Å². The van der Waals surface area contributed by atoms with E-state index in [4.69, 9.17) is 10.5 Å². The number of rotatable bonds is 6. The topological polar surface area (TPSA) is 81.4 Å². The summed E-state index contributed by atoms with van der Waals surface area (Å²) in [6.07, 6.45) is -0.363. The number of primary amides is 1. The Balaban J connectivity index is 1.89. The third kappa shape index (κ3) is 4.90. The molecule has 0 aliphatic rings. The van der Waals surface area contributed by atoms with E-state index in [2.05, 4.69) is 5.32 Å². The van der Waals surface area contributed by atoms with Crippen molar-refractivity contribution in [3.63, 3.8) is 0 Å². The van der Waals surface area contributed by atoms with Gasteiger partial charge in [-0.15, -0.1) is 0 Å². The molecule has 114 valence electrons. The summed E-state index contributed by atoms with van der Waals surface area (Å²) < 4.78 is 18.5. The summed E-state index contributed by atoms with van der Waals surface area (Å²) in [6, 6.07) is 12.8. The molecule has 3 N–H and O–H groups in total. The Morgan fingerprint density at radius 2 is 1.86 bits per heavy atom. The third-order valence-corrected chi connectivity index (χ3v) is 2.77. The van der Waals surface area contributed by atoms with Gasteiger partial charge in [0.25, 0.3) is 0 Å². The molecule has 0 aliphatic heterocycles. The lowest BCUT2D eigenvalue weighted by molar-refractivity contribution is -0.124. The highest BCUT2D eigenvalue weighted by Gasteiger charge is 2.06. The van der Waals surface area contributed by atoms with Crippen molar-refractivity contribution < 1.29 is 18.7 Å². The number of carbonyl (C=O) groups excluding carboxylic acids is 2. The largest absolute Gasteiger partial charge is 0.489 e. The lowest BCUT2D eigenvalue weighted by Gasteiger charge is -2.08. The van der Waals surface area contributed by atoms with Crippen molar-refractivity contribution in [2.45, 2.75) is 13.0 Å². The van der Waals surface area contributed by atoms with E-state index in [-0.39, 0.29) is 18.8 Å². The van der Waals surface area contributed by atoms with Crippen LogP contribution in [0.2, 0.25) is 0 Å².